The van der Waals surface area contributed by atoms with E-state index in [0.717, 1.165) is 38.9 Å². The third-order valence-corrected chi connectivity index (χ3v) is 5.04. The highest BCUT2D eigenvalue weighted by Gasteiger charge is 2.33. The molecular formula is C20H34O2. The summed E-state index contributed by atoms with van der Waals surface area (Å²) in [7, 11) is 0. The molecule has 0 aliphatic heterocycles. The fourth-order valence-electron chi connectivity index (χ4n) is 3.53. The third-order valence-electron chi connectivity index (χ3n) is 5.04. The molecule has 0 aliphatic carbocycles. The average molecular weight is 306 g/mol. The molecule has 0 aromatic heterocycles. The predicted octanol–water partition coefficient (Wildman–Crippen LogP) is 5.79. The van der Waals surface area contributed by atoms with E-state index in [1.807, 2.05) is 0 Å². The molecule has 0 unspecified atom stereocenters. The maximum absolute atomic E-state index is 6.17. The normalized spacial score (nSPS) is 12.6. The van der Waals surface area contributed by atoms with E-state index in [2.05, 4.69) is 65.8 Å². The molecule has 0 spiro atoms. The highest BCUT2D eigenvalue weighted by atomic mass is 16.5. The molecule has 0 amide bonds. The first-order valence-electron chi connectivity index (χ1n) is 8.96. The van der Waals surface area contributed by atoms with Crippen molar-refractivity contribution >= 4 is 0 Å². The van der Waals surface area contributed by atoms with Gasteiger partial charge in [-0.05, 0) is 50.7 Å². The zero-order valence-electron chi connectivity index (χ0n) is 15.4. The molecule has 22 heavy (non-hydrogen) atoms. The maximum atomic E-state index is 6.17. The van der Waals surface area contributed by atoms with Gasteiger partial charge in [-0.25, -0.2) is 0 Å². The molecule has 1 aromatic carbocycles. The Morgan fingerprint density at radius 2 is 1.05 bits per heavy atom. The molecule has 0 atom stereocenters. The zero-order chi connectivity index (χ0) is 16.6. The van der Waals surface area contributed by atoms with Gasteiger partial charge in [0.05, 0.1) is 11.2 Å². The van der Waals surface area contributed by atoms with Crippen LogP contribution in [0.5, 0.6) is 0 Å². The van der Waals surface area contributed by atoms with E-state index in [0.29, 0.717) is 0 Å². The van der Waals surface area contributed by atoms with Crippen molar-refractivity contribution in [2.45, 2.75) is 78.4 Å². The largest absolute Gasteiger partial charge is 0.371 e. The van der Waals surface area contributed by atoms with Crippen molar-refractivity contribution in [3.8, 4) is 0 Å². The summed E-state index contributed by atoms with van der Waals surface area (Å²) in [5.74, 6) is 0. The second-order valence-corrected chi connectivity index (χ2v) is 5.85. The summed E-state index contributed by atoms with van der Waals surface area (Å²) < 4.78 is 12.3. The Labute approximate surface area is 137 Å². The Morgan fingerprint density at radius 1 is 0.682 bits per heavy atom. The van der Waals surface area contributed by atoms with Crippen LogP contribution in [0, 0.1) is 0 Å². The van der Waals surface area contributed by atoms with Crippen molar-refractivity contribution in [1.82, 2.24) is 0 Å². The van der Waals surface area contributed by atoms with Crippen LogP contribution in [0.1, 0.15) is 78.4 Å². The minimum absolute atomic E-state index is 0.176. The molecule has 1 rings (SSSR count). The summed E-state index contributed by atoms with van der Waals surface area (Å²) in [6.07, 6.45) is 3.95. The van der Waals surface area contributed by atoms with Crippen molar-refractivity contribution in [1.29, 1.82) is 0 Å². The van der Waals surface area contributed by atoms with Gasteiger partial charge in [-0.3, -0.25) is 0 Å². The minimum atomic E-state index is -0.176. The summed E-state index contributed by atoms with van der Waals surface area (Å²) in [5, 5.41) is 0. The summed E-state index contributed by atoms with van der Waals surface area (Å²) in [4.78, 5) is 0. The number of hydrogen-bond donors (Lipinski definition) is 0. The number of benzene rings is 1. The van der Waals surface area contributed by atoms with Crippen LogP contribution < -0.4 is 0 Å². The standard InChI is InChI=1S/C20H34O2/c1-7-19(8-2,21-11-5)17-14-13-15-18(16-17)20(9-3,10-4)22-12-6/h13-16H,7-12H2,1-6H3. The summed E-state index contributed by atoms with van der Waals surface area (Å²) in [6, 6.07) is 8.87. The Bertz CT molecular complexity index is 394. The Morgan fingerprint density at radius 3 is 1.32 bits per heavy atom. The third kappa shape index (κ3) is 3.72. The van der Waals surface area contributed by atoms with Crippen LogP contribution in [0.2, 0.25) is 0 Å². The molecule has 126 valence electrons. The van der Waals surface area contributed by atoms with Crippen LogP contribution >= 0.6 is 0 Å². The van der Waals surface area contributed by atoms with Crippen molar-refractivity contribution in [2.75, 3.05) is 13.2 Å². The van der Waals surface area contributed by atoms with Crippen molar-refractivity contribution < 1.29 is 9.47 Å². The van der Waals surface area contributed by atoms with E-state index in [9.17, 15) is 0 Å². The lowest BCUT2D eigenvalue weighted by Crippen LogP contribution is -2.31. The summed E-state index contributed by atoms with van der Waals surface area (Å²) in [5.41, 5.74) is 2.21. The van der Waals surface area contributed by atoms with E-state index in [1.165, 1.54) is 11.1 Å². The Balaban J connectivity index is 3.32. The van der Waals surface area contributed by atoms with Crippen LogP contribution in [0.25, 0.3) is 0 Å². The highest BCUT2D eigenvalue weighted by molar-refractivity contribution is 5.32. The molecule has 0 aliphatic rings. The van der Waals surface area contributed by atoms with E-state index in [1.54, 1.807) is 0 Å². The SMILES string of the molecule is CCOC(CC)(CC)c1cccc(C(CC)(CC)OCC)c1. The molecule has 0 saturated heterocycles. The summed E-state index contributed by atoms with van der Waals surface area (Å²) >= 11 is 0. The molecular weight excluding hydrogens is 272 g/mol. The second-order valence-electron chi connectivity index (χ2n) is 5.85. The molecule has 0 radical (unpaired) electrons. The van der Waals surface area contributed by atoms with Gasteiger partial charge in [0.25, 0.3) is 0 Å². The topological polar surface area (TPSA) is 18.5 Å². The van der Waals surface area contributed by atoms with Gasteiger partial charge in [0.15, 0.2) is 0 Å². The highest BCUT2D eigenvalue weighted by Crippen LogP contribution is 2.38. The van der Waals surface area contributed by atoms with Crippen molar-refractivity contribution in [2.24, 2.45) is 0 Å². The van der Waals surface area contributed by atoms with Crippen LogP contribution in [-0.4, -0.2) is 13.2 Å². The van der Waals surface area contributed by atoms with Gasteiger partial charge in [-0.2, -0.15) is 0 Å². The number of ether oxygens (including phenoxy) is 2. The fourth-order valence-corrected chi connectivity index (χ4v) is 3.53. The smallest absolute Gasteiger partial charge is 0.0926 e. The monoisotopic (exact) mass is 306 g/mol. The Kier molecular flexibility index (Phi) is 7.58. The molecule has 0 saturated carbocycles. The van der Waals surface area contributed by atoms with E-state index < -0.39 is 0 Å². The van der Waals surface area contributed by atoms with E-state index in [4.69, 9.17) is 9.47 Å². The molecule has 2 heteroatoms. The van der Waals surface area contributed by atoms with Crippen LogP contribution in [0.4, 0.5) is 0 Å². The van der Waals surface area contributed by atoms with Gasteiger partial charge in [0.2, 0.25) is 0 Å². The molecule has 0 heterocycles. The van der Waals surface area contributed by atoms with Gasteiger partial charge >= 0.3 is 0 Å². The quantitative estimate of drug-likeness (QED) is 0.544. The average Bonchev–Trinajstić information content (AvgIpc) is 2.58. The van der Waals surface area contributed by atoms with Crippen molar-refractivity contribution in [3.05, 3.63) is 35.4 Å². The molecule has 0 fully saturated rings. The van der Waals surface area contributed by atoms with Gasteiger partial charge < -0.3 is 9.47 Å². The number of hydrogen-bond acceptors (Lipinski definition) is 2. The van der Waals surface area contributed by atoms with Gasteiger partial charge in [-0.1, -0.05) is 52.0 Å². The Hall–Kier alpha value is -0.860. The van der Waals surface area contributed by atoms with Crippen molar-refractivity contribution in [3.63, 3.8) is 0 Å². The first-order valence-corrected chi connectivity index (χ1v) is 8.96. The van der Waals surface area contributed by atoms with Crippen LogP contribution in [-0.2, 0) is 20.7 Å². The fraction of sp³-hybridized carbons (Fsp3) is 0.700. The predicted molar refractivity (Wildman–Crippen MR) is 94.2 cm³/mol. The van der Waals surface area contributed by atoms with E-state index in [-0.39, 0.29) is 11.2 Å². The van der Waals surface area contributed by atoms with Crippen LogP contribution in [0.3, 0.4) is 0 Å². The number of rotatable bonds is 10. The zero-order valence-corrected chi connectivity index (χ0v) is 15.4. The van der Waals surface area contributed by atoms with E-state index >= 15 is 0 Å². The second kappa shape index (κ2) is 8.69. The van der Waals surface area contributed by atoms with Gasteiger partial charge in [-0.15, -0.1) is 0 Å². The maximum Gasteiger partial charge on any atom is 0.0926 e. The first kappa shape index (κ1) is 19.2. The first-order chi connectivity index (χ1) is 10.6. The lowest BCUT2D eigenvalue weighted by Gasteiger charge is -2.36. The molecule has 0 bridgehead atoms. The van der Waals surface area contributed by atoms with Gasteiger partial charge in [0.1, 0.15) is 0 Å². The molecule has 1 aromatic rings. The minimum Gasteiger partial charge on any atom is -0.371 e. The van der Waals surface area contributed by atoms with Gasteiger partial charge in [0, 0.05) is 13.2 Å². The lowest BCUT2D eigenvalue weighted by atomic mass is 9.82. The molecule has 0 N–H and O–H groups in total. The lowest BCUT2D eigenvalue weighted by molar-refractivity contribution is -0.0557. The van der Waals surface area contributed by atoms with Crippen LogP contribution in [0.15, 0.2) is 24.3 Å². The summed E-state index contributed by atoms with van der Waals surface area (Å²) in [6.45, 7) is 14.5. The molecule has 2 nitrogen and oxygen atoms in total.